The Bertz CT molecular complexity index is 1210. The standard InChI is InChI=1S/C23H18ClN3O5/c24-15-7-4-13(5-8-15)12-31-19-9-6-14(10-17(19)27(29)30)21-16(11-25)23(26)32-20-3-1-2-18(28)22(20)21/h4-10,21H,1-3,12,26H2/t21-/m1/s1. The van der Waals surface area contributed by atoms with Gasteiger partial charge in [0, 0.05) is 29.5 Å². The molecule has 2 aromatic carbocycles. The molecule has 0 saturated heterocycles. The van der Waals surface area contributed by atoms with Crippen molar-refractivity contribution < 1.29 is 19.2 Å². The molecule has 1 atom stereocenters. The maximum absolute atomic E-state index is 12.7. The quantitative estimate of drug-likeness (QED) is 0.517. The lowest BCUT2D eigenvalue weighted by Crippen LogP contribution is -2.27. The first-order chi connectivity index (χ1) is 15.4. The van der Waals surface area contributed by atoms with Crippen molar-refractivity contribution in [3.8, 4) is 11.8 Å². The minimum Gasteiger partial charge on any atom is -0.482 e. The lowest BCUT2D eigenvalue weighted by molar-refractivity contribution is -0.386. The van der Waals surface area contributed by atoms with E-state index in [1.54, 1.807) is 30.3 Å². The number of nitriles is 1. The van der Waals surface area contributed by atoms with Crippen LogP contribution in [0.4, 0.5) is 5.69 Å². The number of Topliss-reactive ketones (excluding diaryl/α,β-unsaturated/α-hetero) is 1. The van der Waals surface area contributed by atoms with Crippen LogP contribution in [0.5, 0.6) is 5.75 Å². The van der Waals surface area contributed by atoms with Gasteiger partial charge in [0.25, 0.3) is 0 Å². The van der Waals surface area contributed by atoms with Crippen molar-refractivity contribution in [3.05, 3.63) is 91.5 Å². The van der Waals surface area contributed by atoms with Gasteiger partial charge >= 0.3 is 5.69 Å². The molecular formula is C23H18ClN3O5. The number of ketones is 1. The zero-order valence-corrected chi connectivity index (χ0v) is 17.6. The van der Waals surface area contributed by atoms with Crippen LogP contribution < -0.4 is 10.5 Å². The number of carbonyl (C=O) groups is 1. The van der Waals surface area contributed by atoms with Crippen molar-refractivity contribution in [1.82, 2.24) is 0 Å². The van der Waals surface area contributed by atoms with Crippen molar-refractivity contribution in [2.45, 2.75) is 31.8 Å². The topological polar surface area (TPSA) is 128 Å². The number of carbonyl (C=O) groups excluding carboxylic acids is 1. The largest absolute Gasteiger partial charge is 0.482 e. The molecule has 8 nitrogen and oxygen atoms in total. The van der Waals surface area contributed by atoms with E-state index in [2.05, 4.69) is 0 Å². The van der Waals surface area contributed by atoms with Gasteiger partial charge in [-0.3, -0.25) is 14.9 Å². The van der Waals surface area contributed by atoms with Crippen LogP contribution in [0, 0.1) is 21.4 Å². The van der Waals surface area contributed by atoms with Crippen LogP contribution in [-0.2, 0) is 16.1 Å². The number of rotatable bonds is 5. The molecule has 0 bridgehead atoms. The molecule has 0 fully saturated rings. The second kappa shape index (κ2) is 8.73. The molecule has 2 aliphatic rings. The number of nitrogens with two attached hydrogens (primary N) is 1. The van der Waals surface area contributed by atoms with Gasteiger partial charge in [-0.15, -0.1) is 0 Å². The molecule has 2 aromatic rings. The lowest BCUT2D eigenvalue weighted by Gasteiger charge is -2.30. The van der Waals surface area contributed by atoms with Gasteiger partial charge < -0.3 is 15.2 Å². The third-order valence-corrected chi connectivity index (χ3v) is 5.68. The second-order valence-electron chi connectivity index (χ2n) is 7.44. The minimum atomic E-state index is -0.819. The fourth-order valence-corrected chi connectivity index (χ4v) is 4.04. The van der Waals surface area contributed by atoms with E-state index in [9.17, 15) is 20.2 Å². The third kappa shape index (κ3) is 4.03. The van der Waals surface area contributed by atoms with Crippen LogP contribution in [0.1, 0.15) is 36.3 Å². The summed E-state index contributed by atoms with van der Waals surface area (Å²) < 4.78 is 11.2. The summed E-state index contributed by atoms with van der Waals surface area (Å²) in [6.45, 7) is 0.110. The number of hydrogen-bond donors (Lipinski definition) is 1. The Morgan fingerprint density at radius 1 is 1.25 bits per heavy atom. The van der Waals surface area contributed by atoms with Gasteiger partial charge in [-0.25, -0.2) is 0 Å². The fourth-order valence-electron chi connectivity index (χ4n) is 3.91. The van der Waals surface area contributed by atoms with Crippen LogP contribution >= 0.6 is 11.6 Å². The number of nitro groups is 1. The highest BCUT2D eigenvalue weighted by Crippen LogP contribution is 2.45. The molecule has 0 radical (unpaired) electrons. The summed E-state index contributed by atoms with van der Waals surface area (Å²) in [4.78, 5) is 23.9. The van der Waals surface area contributed by atoms with Crippen molar-refractivity contribution in [3.63, 3.8) is 0 Å². The highest BCUT2D eigenvalue weighted by molar-refractivity contribution is 6.30. The maximum Gasteiger partial charge on any atom is 0.311 e. The first kappa shape index (κ1) is 21.4. The number of hydrogen-bond acceptors (Lipinski definition) is 7. The van der Waals surface area contributed by atoms with Gasteiger partial charge in [0.05, 0.1) is 10.8 Å². The number of nitro benzene ring substituents is 1. The Balaban J connectivity index is 1.72. The Labute approximate surface area is 188 Å². The van der Waals surface area contributed by atoms with Gasteiger partial charge in [-0.2, -0.15) is 5.26 Å². The Morgan fingerprint density at radius 3 is 2.69 bits per heavy atom. The Morgan fingerprint density at radius 2 is 2.00 bits per heavy atom. The zero-order valence-electron chi connectivity index (χ0n) is 16.8. The van der Waals surface area contributed by atoms with E-state index in [1.165, 1.54) is 12.1 Å². The highest BCUT2D eigenvalue weighted by Gasteiger charge is 2.38. The van der Waals surface area contributed by atoms with Gasteiger partial charge in [-0.05, 0) is 35.7 Å². The summed E-state index contributed by atoms with van der Waals surface area (Å²) in [6.07, 6.45) is 1.46. The maximum atomic E-state index is 12.7. The summed E-state index contributed by atoms with van der Waals surface area (Å²) in [5, 5.41) is 22.0. The first-order valence-corrected chi connectivity index (χ1v) is 10.3. The first-order valence-electron chi connectivity index (χ1n) is 9.88. The highest BCUT2D eigenvalue weighted by atomic mass is 35.5. The molecule has 32 heavy (non-hydrogen) atoms. The number of allylic oxidation sites excluding steroid dienone is 3. The molecule has 4 rings (SSSR count). The van der Waals surface area contributed by atoms with E-state index in [0.717, 1.165) is 5.56 Å². The van der Waals surface area contributed by atoms with E-state index in [-0.39, 0.29) is 35.3 Å². The molecule has 0 saturated carbocycles. The fraction of sp³-hybridized carbons (Fsp3) is 0.217. The Hall–Kier alpha value is -3.83. The van der Waals surface area contributed by atoms with Crippen molar-refractivity contribution in [2.24, 2.45) is 5.73 Å². The minimum absolute atomic E-state index is 0.0585. The van der Waals surface area contributed by atoms with Crippen LogP contribution in [0.15, 0.2) is 65.3 Å². The van der Waals surface area contributed by atoms with E-state index >= 15 is 0 Å². The summed E-state index contributed by atoms with van der Waals surface area (Å²) in [5.74, 6) is -0.562. The molecular weight excluding hydrogens is 434 g/mol. The van der Waals surface area contributed by atoms with Crippen LogP contribution in [0.2, 0.25) is 5.02 Å². The molecule has 0 amide bonds. The molecule has 9 heteroatoms. The molecule has 162 valence electrons. The van der Waals surface area contributed by atoms with Crippen LogP contribution in [0.25, 0.3) is 0 Å². The predicted octanol–water partition coefficient (Wildman–Crippen LogP) is 4.64. The third-order valence-electron chi connectivity index (χ3n) is 5.43. The molecule has 0 spiro atoms. The van der Waals surface area contributed by atoms with E-state index in [1.807, 2.05) is 6.07 Å². The van der Waals surface area contributed by atoms with Gasteiger partial charge in [0.2, 0.25) is 5.88 Å². The number of nitrogens with zero attached hydrogens (tertiary/aromatic N) is 2. The van der Waals surface area contributed by atoms with E-state index in [0.29, 0.717) is 41.2 Å². The SMILES string of the molecule is N#CC1=C(N)OC2=C(C(=O)CCC2)[C@@H]1c1ccc(OCc2ccc(Cl)cc2)c([N+](=O)[O-])c1. The Kier molecular flexibility index (Phi) is 5.84. The van der Waals surface area contributed by atoms with E-state index in [4.69, 9.17) is 26.8 Å². The number of benzene rings is 2. The summed E-state index contributed by atoms with van der Waals surface area (Å²) in [5.41, 5.74) is 7.26. The van der Waals surface area contributed by atoms with Gasteiger partial charge in [0.15, 0.2) is 11.5 Å². The molecule has 0 aromatic heterocycles. The van der Waals surface area contributed by atoms with Crippen LogP contribution in [0.3, 0.4) is 0 Å². The van der Waals surface area contributed by atoms with Gasteiger partial charge in [0.1, 0.15) is 24.0 Å². The van der Waals surface area contributed by atoms with Crippen LogP contribution in [-0.4, -0.2) is 10.7 Å². The predicted molar refractivity (Wildman–Crippen MR) is 115 cm³/mol. The normalized spacial score (nSPS) is 18.0. The molecule has 1 heterocycles. The number of ether oxygens (including phenoxy) is 2. The summed E-state index contributed by atoms with van der Waals surface area (Å²) >= 11 is 5.88. The smallest absolute Gasteiger partial charge is 0.311 e. The summed E-state index contributed by atoms with van der Waals surface area (Å²) in [7, 11) is 0. The number of halogens is 1. The summed E-state index contributed by atoms with van der Waals surface area (Å²) in [6, 6.07) is 13.3. The lowest BCUT2D eigenvalue weighted by atomic mass is 9.77. The monoisotopic (exact) mass is 451 g/mol. The average molecular weight is 452 g/mol. The zero-order chi connectivity index (χ0) is 22.8. The van der Waals surface area contributed by atoms with Gasteiger partial charge in [-0.1, -0.05) is 29.8 Å². The second-order valence-corrected chi connectivity index (χ2v) is 7.87. The molecule has 0 unspecified atom stereocenters. The average Bonchev–Trinajstić information content (AvgIpc) is 2.78. The van der Waals surface area contributed by atoms with Crippen molar-refractivity contribution in [2.75, 3.05) is 0 Å². The molecule has 2 N–H and O–H groups in total. The molecule has 1 aliphatic heterocycles. The molecule has 1 aliphatic carbocycles. The van der Waals surface area contributed by atoms with Crippen molar-refractivity contribution in [1.29, 1.82) is 5.26 Å². The van der Waals surface area contributed by atoms with Crippen molar-refractivity contribution >= 4 is 23.1 Å². The van der Waals surface area contributed by atoms with E-state index < -0.39 is 10.8 Å².